The maximum absolute atomic E-state index is 4.71. The molecule has 4 aromatic rings. The van der Waals surface area contributed by atoms with Crippen molar-refractivity contribution < 1.29 is 0 Å². The van der Waals surface area contributed by atoms with Gasteiger partial charge in [0.15, 0.2) is 5.65 Å². The molecule has 1 aliphatic heterocycles. The minimum absolute atomic E-state index is 0.564. The Hall–Kier alpha value is -2.73. The standard InChI is InChI=1S/C24H30N6/c1-5-17-11-21-22(27-28-23(21)18-6-8-29(9-7-18)15(2)3)12-20(17)19-10-16(4)24-25-14-26-30(24)13-19/h10-15,18H,5-9H2,1-4H3,(H,27,28). The Morgan fingerprint density at radius 1 is 1.17 bits per heavy atom. The second-order valence-electron chi connectivity index (χ2n) is 8.86. The molecule has 1 fully saturated rings. The van der Waals surface area contributed by atoms with Crippen LogP contribution in [0, 0.1) is 6.92 Å². The molecule has 0 saturated carbocycles. The molecule has 0 radical (unpaired) electrons. The largest absolute Gasteiger partial charge is 0.301 e. The lowest BCUT2D eigenvalue weighted by Gasteiger charge is -2.34. The van der Waals surface area contributed by atoms with Crippen LogP contribution in [-0.2, 0) is 6.42 Å². The molecule has 3 aromatic heterocycles. The van der Waals surface area contributed by atoms with Crippen molar-refractivity contribution >= 4 is 16.6 Å². The van der Waals surface area contributed by atoms with Crippen molar-refractivity contribution in [3.63, 3.8) is 0 Å². The number of aryl methyl sites for hydroxylation is 2. The summed E-state index contributed by atoms with van der Waals surface area (Å²) in [6.45, 7) is 11.2. The Labute approximate surface area is 177 Å². The van der Waals surface area contributed by atoms with Crippen LogP contribution < -0.4 is 0 Å². The summed E-state index contributed by atoms with van der Waals surface area (Å²) in [6, 6.07) is 7.44. The molecule has 6 heteroatoms. The fourth-order valence-corrected chi connectivity index (χ4v) is 4.94. The van der Waals surface area contributed by atoms with E-state index in [9.17, 15) is 0 Å². The lowest BCUT2D eigenvalue weighted by Crippen LogP contribution is -2.37. The zero-order valence-corrected chi connectivity index (χ0v) is 18.3. The number of piperidine rings is 1. The molecule has 1 aliphatic rings. The number of H-pyrrole nitrogens is 1. The fraction of sp³-hybridized carbons (Fsp3) is 0.458. The second kappa shape index (κ2) is 7.51. The van der Waals surface area contributed by atoms with E-state index < -0.39 is 0 Å². The normalized spacial score (nSPS) is 16.3. The molecule has 0 atom stereocenters. The number of nitrogens with one attached hydrogen (secondary N) is 1. The third-order valence-corrected chi connectivity index (χ3v) is 6.73. The van der Waals surface area contributed by atoms with Crippen molar-refractivity contribution in [2.24, 2.45) is 0 Å². The number of pyridine rings is 1. The van der Waals surface area contributed by atoms with Gasteiger partial charge in [-0.1, -0.05) is 6.92 Å². The Morgan fingerprint density at radius 2 is 1.97 bits per heavy atom. The van der Waals surface area contributed by atoms with Crippen LogP contribution >= 0.6 is 0 Å². The molecule has 1 aromatic carbocycles. The lowest BCUT2D eigenvalue weighted by molar-refractivity contribution is 0.171. The summed E-state index contributed by atoms with van der Waals surface area (Å²) >= 11 is 0. The average molecular weight is 403 g/mol. The van der Waals surface area contributed by atoms with E-state index in [4.69, 9.17) is 5.10 Å². The third kappa shape index (κ3) is 3.19. The van der Waals surface area contributed by atoms with Crippen molar-refractivity contribution in [1.82, 2.24) is 29.7 Å². The number of fused-ring (bicyclic) bond motifs is 2. The van der Waals surface area contributed by atoms with Crippen molar-refractivity contribution in [3.05, 3.63) is 47.5 Å². The number of nitrogens with zero attached hydrogens (tertiary/aromatic N) is 5. The summed E-state index contributed by atoms with van der Waals surface area (Å²) in [7, 11) is 0. The van der Waals surface area contributed by atoms with Gasteiger partial charge in [0, 0.05) is 34.8 Å². The van der Waals surface area contributed by atoms with E-state index >= 15 is 0 Å². The molecule has 0 spiro atoms. The molecule has 0 unspecified atom stereocenters. The number of likely N-dealkylation sites (tertiary alicyclic amines) is 1. The van der Waals surface area contributed by atoms with E-state index in [1.165, 1.54) is 53.7 Å². The number of aromatic amines is 1. The van der Waals surface area contributed by atoms with Gasteiger partial charge in [-0.25, -0.2) is 9.50 Å². The van der Waals surface area contributed by atoms with Crippen LogP contribution in [0.2, 0.25) is 0 Å². The molecule has 1 N–H and O–H groups in total. The van der Waals surface area contributed by atoms with E-state index in [0.717, 1.165) is 23.1 Å². The molecule has 1 saturated heterocycles. The van der Waals surface area contributed by atoms with E-state index in [0.29, 0.717) is 12.0 Å². The van der Waals surface area contributed by atoms with Crippen LogP contribution in [-0.4, -0.2) is 48.8 Å². The van der Waals surface area contributed by atoms with Crippen molar-refractivity contribution in [2.75, 3.05) is 13.1 Å². The Morgan fingerprint density at radius 3 is 2.70 bits per heavy atom. The van der Waals surface area contributed by atoms with Gasteiger partial charge in [0.2, 0.25) is 0 Å². The summed E-state index contributed by atoms with van der Waals surface area (Å²) in [5, 5.41) is 13.7. The fourth-order valence-electron chi connectivity index (χ4n) is 4.94. The van der Waals surface area contributed by atoms with E-state index in [1.807, 2.05) is 4.52 Å². The molecule has 30 heavy (non-hydrogen) atoms. The van der Waals surface area contributed by atoms with Gasteiger partial charge >= 0.3 is 0 Å². The van der Waals surface area contributed by atoms with Crippen molar-refractivity contribution in [1.29, 1.82) is 0 Å². The van der Waals surface area contributed by atoms with Gasteiger partial charge in [-0.3, -0.25) is 5.10 Å². The first-order valence-electron chi connectivity index (χ1n) is 11.1. The van der Waals surface area contributed by atoms with Crippen LogP contribution in [0.5, 0.6) is 0 Å². The van der Waals surface area contributed by atoms with Crippen LogP contribution in [0.4, 0.5) is 0 Å². The summed E-state index contributed by atoms with van der Waals surface area (Å²) in [6.07, 6.45) is 7.06. The van der Waals surface area contributed by atoms with Crippen LogP contribution in [0.3, 0.4) is 0 Å². The van der Waals surface area contributed by atoms with Gasteiger partial charge in [-0.2, -0.15) is 10.2 Å². The molecule has 5 rings (SSSR count). The van der Waals surface area contributed by atoms with Crippen LogP contribution in [0.1, 0.15) is 56.4 Å². The topological polar surface area (TPSA) is 62.1 Å². The quantitative estimate of drug-likeness (QED) is 0.536. The Bertz CT molecular complexity index is 1190. The average Bonchev–Trinajstić information content (AvgIpc) is 3.39. The first-order chi connectivity index (χ1) is 14.5. The molecule has 0 bridgehead atoms. The molecular weight excluding hydrogens is 372 g/mol. The van der Waals surface area contributed by atoms with Crippen molar-refractivity contribution in [3.8, 4) is 11.1 Å². The SMILES string of the molecule is CCc1cc2c(C3CCN(C(C)C)CC3)[nH]nc2cc1-c1cc(C)c2ncnn2c1. The number of hydrogen-bond donors (Lipinski definition) is 1. The highest BCUT2D eigenvalue weighted by Crippen LogP contribution is 2.36. The minimum Gasteiger partial charge on any atom is -0.301 e. The van der Waals surface area contributed by atoms with Crippen LogP contribution in [0.25, 0.3) is 27.7 Å². The first kappa shape index (κ1) is 19.2. The smallest absolute Gasteiger partial charge is 0.158 e. The van der Waals surface area contributed by atoms with Gasteiger partial charge < -0.3 is 4.90 Å². The monoisotopic (exact) mass is 402 g/mol. The number of benzene rings is 1. The van der Waals surface area contributed by atoms with E-state index in [-0.39, 0.29) is 0 Å². The molecule has 6 nitrogen and oxygen atoms in total. The zero-order valence-electron chi connectivity index (χ0n) is 18.3. The minimum atomic E-state index is 0.564. The highest BCUT2D eigenvalue weighted by molar-refractivity contribution is 5.88. The van der Waals surface area contributed by atoms with Gasteiger partial charge in [0.1, 0.15) is 6.33 Å². The zero-order chi connectivity index (χ0) is 20.8. The Kier molecular flexibility index (Phi) is 4.82. The first-order valence-corrected chi connectivity index (χ1v) is 11.1. The van der Waals surface area contributed by atoms with E-state index in [2.05, 4.69) is 72.2 Å². The summed E-state index contributed by atoms with van der Waals surface area (Å²) in [5.41, 5.74) is 8.16. The molecule has 156 valence electrons. The van der Waals surface area contributed by atoms with Gasteiger partial charge in [0.25, 0.3) is 0 Å². The highest BCUT2D eigenvalue weighted by atomic mass is 15.3. The van der Waals surface area contributed by atoms with Gasteiger partial charge in [0.05, 0.1) is 5.52 Å². The molecule has 0 amide bonds. The number of rotatable bonds is 4. The molecule has 0 aliphatic carbocycles. The van der Waals surface area contributed by atoms with Gasteiger partial charge in [-0.05, 0) is 88.0 Å². The van der Waals surface area contributed by atoms with E-state index in [1.54, 1.807) is 6.33 Å². The predicted octanol–water partition coefficient (Wildman–Crippen LogP) is 4.73. The van der Waals surface area contributed by atoms with Crippen molar-refractivity contribution in [2.45, 2.75) is 58.9 Å². The van der Waals surface area contributed by atoms with Gasteiger partial charge in [-0.15, -0.1) is 0 Å². The predicted molar refractivity (Wildman–Crippen MR) is 121 cm³/mol. The maximum atomic E-state index is 4.71. The lowest BCUT2D eigenvalue weighted by atomic mass is 9.89. The summed E-state index contributed by atoms with van der Waals surface area (Å²) < 4.78 is 1.87. The second-order valence-corrected chi connectivity index (χ2v) is 8.86. The Balaban J connectivity index is 1.54. The molecular formula is C24H30N6. The number of aromatic nitrogens is 5. The molecule has 4 heterocycles. The number of hydrogen-bond acceptors (Lipinski definition) is 4. The maximum Gasteiger partial charge on any atom is 0.158 e. The third-order valence-electron chi connectivity index (χ3n) is 6.73. The summed E-state index contributed by atoms with van der Waals surface area (Å²) in [4.78, 5) is 6.92. The highest BCUT2D eigenvalue weighted by Gasteiger charge is 2.25. The van der Waals surface area contributed by atoms with Crippen LogP contribution in [0.15, 0.2) is 30.7 Å². The summed E-state index contributed by atoms with van der Waals surface area (Å²) in [5.74, 6) is 0.564.